The zero-order valence-corrected chi connectivity index (χ0v) is 10.8. The average molecular weight is 276 g/mol. The molecule has 0 amide bonds. The van der Waals surface area contributed by atoms with Crippen LogP contribution in [-0.2, 0) is 6.18 Å². The average Bonchev–Trinajstić information content (AvgIpc) is 2.76. The van der Waals surface area contributed by atoms with Crippen LogP contribution in [0.3, 0.4) is 0 Å². The second kappa shape index (κ2) is 5.48. The molecule has 0 saturated heterocycles. The van der Waals surface area contributed by atoms with E-state index in [9.17, 15) is 13.2 Å². The van der Waals surface area contributed by atoms with Crippen molar-refractivity contribution >= 4 is 11.8 Å². The first-order chi connectivity index (χ1) is 8.49. The van der Waals surface area contributed by atoms with Crippen LogP contribution in [-0.4, -0.2) is 23.3 Å². The predicted octanol–water partition coefficient (Wildman–Crippen LogP) is 3.33. The van der Waals surface area contributed by atoms with Crippen molar-refractivity contribution in [2.75, 3.05) is 7.05 Å². The quantitative estimate of drug-likeness (QED) is 0.916. The summed E-state index contributed by atoms with van der Waals surface area (Å²) in [5.41, 5.74) is -0.689. The van der Waals surface area contributed by atoms with Gasteiger partial charge in [0.2, 0.25) is 0 Å². The number of nitrogens with zero attached hydrogens (tertiary/aromatic N) is 1. The predicted molar refractivity (Wildman–Crippen MR) is 65.6 cm³/mol. The third-order valence-electron chi connectivity index (χ3n) is 3.14. The number of rotatable bonds is 3. The van der Waals surface area contributed by atoms with Gasteiger partial charge >= 0.3 is 6.18 Å². The molecule has 0 bridgehead atoms. The summed E-state index contributed by atoms with van der Waals surface area (Å²) in [6.45, 7) is 0. The molecule has 18 heavy (non-hydrogen) atoms. The van der Waals surface area contributed by atoms with E-state index in [-0.39, 0.29) is 0 Å². The first-order valence-electron chi connectivity index (χ1n) is 5.86. The minimum Gasteiger partial charge on any atom is -0.317 e. The third kappa shape index (κ3) is 3.38. The Morgan fingerprint density at radius 1 is 1.33 bits per heavy atom. The van der Waals surface area contributed by atoms with Crippen molar-refractivity contribution in [1.82, 2.24) is 10.3 Å². The number of halogens is 3. The van der Waals surface area contributed by atoms with Crippen LogP contribution in [0, 0.1) is 0 Å². The van der Waals surface area contributed by atoms with Crippen molar-refractivity contribution in [3.63, 3.8) is 0 Å². The van der Waals surface area contributed by atoms with Crippen LogP contribution in [0.4, 0.5) is 13.2 Å². The van der Waals surface area contributed by atoms with Gasteiger partial charge in [0, 0.05) is 17.5 Å². The Morgan fingerprint density at radius 3 is 2.61 bits per heavy atom. The van der Waals surface area contributed by atoms with E-state index in [1.54, 1.807) is 11.8 Å². The lowest BCUT2D eigenvalue weighted by Crippen LogP contribution is -2.21. The monoisotopic (exact) mass is 276 g/mol. The number of aromatic nitrogens is 1. The van der Waals surface area contributed by atoms with E-state index < -0.39 is 11.7 Å². The van der Waals surface area contributed by atoms with Crippen molar-refractivity contribution < 1.29 is 13.2 Å². The highest BCUT2D eigenvalue weighted by Gasteiger charge is 2.31. The SMILES string of the molecule is CNC1CCC(Sc2ccc(C(F)(F)F)cn2)C1. The molecular formula is C12H15F3N2S. The Morgan fingerprint density at radius 2 is 2.11 bits per heavy atom. The van der Waals surface area contributed by atoms with Crippen molar-refractivity contribution in [3.05, 3.63) is 23.9 Å². The van der Waals surface area contributed by atoms with Gasteiger partial charge in [-0.3, -0.25) is 0 Å². The van der Waals surface area contributed by atoms with E-state index >= 15 is 0 Å². The van der Waals surface area contributed by atoms with Crippen molar-refractivity contribution in [1.29, 1.82) is 0 Å². The first kappa shape index (κ1) is 13.7. The Kier molecular flexibility index (Phi) is 4.17. The molecule has 1 aromatic rings. The highest BCUT2D eigenvalue weighted by molar-refractivity contribution is 7.99. The fraction of sp³-hybridized carbons (Fsp3) is 0.583. The third-order valence-corrected chi connectivity index (χ3v) is 4.39. The molecule has 0 spiro atoms. The standard InChI is InChI=1S/C12H15F3N2S/c1-16-9-3-4-10(6-9)18-11-5-2-8(7-17-11)12(13,14)15/h2,5,7,9-10,16H,3-4,6H2,1H3. The lowest BCUT2D eigenvalue weighted by Gasteiger charge is -2.11. The number of alkyl halides is 3. The van der Waals surface area contributed by atoms with E-state index in [1.165, 1.54) is 6.07 Å². The number of pyridine rings is 1. The molecule has 1 N–H and O–H groups in total. The molecule has 0 aromatic carbocycles. The van der Waals surface area contributed by atoms with Crippen molar-refractivity contribution in [2.24, 2.45) is 0 Å². The molecule has 2 atom stereocenters. The maximum atomic E-state index is 12.4. The molecule has 2 rings (SSSR count). The van der Waals surface area contributed by atoms with E-state index in [4.69, 9.17) is 0 Å². The molecule has 6 heteroatoms. The van der Waals surface area contributed by atoms with Gasteiger partial charge in [0.15, 0.2) is 0 Å². The molecule has 0 aliphatic heterocycles. The molecule has 1 aromatic heterocycles. The van der Waals surface area contributed by atoms with Crippen LogP contribution in [0.2, 0.25) is 0 Å². The highest BCUT2D eigenvalue weighted by Crippen LogP contribution is 2.35. The van der Waals surface area contributed by atoms with Crippen molar-refractivity contribution in [2.45, 2.75) is 41.8 Å². The summed E-state index contributed by atoms with van der Waals surface area (Å²) in [6, 6.07) is 3.08. The van der Waals surface area contributed by atoms with Crippen LogP contribution >= 0.6 is 11.8 Å². The Hall–Kier alpha value is -0.750. The molecule has 0 radical (unpaired) electrons. The van der Waals surface area contributed by atoms with Gasteiger partial charge in [0.1, 0.15) is 0 Å². The first-order valence-corrected chi connectivity index (χ1v) is 6.74. The van der Waals surface area contributed by atoms with Crippen LogP contribution in [0.1, 0.15) is 24.8 Å². The molecule has 2 nitrogen and oxygen atoms in total. The maximum Gasteiger partial charge on any atom is 0.417 e. The molecule has 2 unspecified atom stereocenters. The summed E-state index contributed by atoms with van der Waals surface area (Å²) in [5, 5.41) is 4.35. The smallest absolute Gasteiger partial charge is 0.317 e. The van der Waals surface area contributed by atoms with E-state index in [0.29, 0.717) is 16.3 Å². The maximum absolute atomic E-state index is 12.4. The van der Waals surface area contributed by atoms with E-state index in [1.807, 2.05) is 7.05 Å². The van der Waals surface area contributed by atoms with E-state index in [0.717, 1.165) is 31.5 Å². The summed E-state index contributed by atoms with van der Waals surface area (Å²) in [5.74, 6) is 0. The summed E-state index contributed by atoms with van der Waals surface area (Å²) < 4.78 is 37.1. The Bertz CT molecular complexity index is 391. The second-order valence-electron chi connectivity index (χ2n) is 4.42. The van der Waals surface area contributed by atoms with Gasteiger partial charge in [0.25, 0.3) is 0 Å². The summed E-state index contributed by atoms with van der Waals surface area (Å²) in [4.78, 5) is 3.88. The van der Waals surface area contributed by atoms with Crippen LogP contribution in [0.25, 0.3) is 0 Å². The molecule has 1 saturated carbocycles. The van der Waals surface area contributed by atoms with Gasteiger partial charge in [-0.05, 0) is 38.4 Å². The molecule has 100 valence electrons. The van der Waals surface area contributed by atoms with Gasteiger partial charge in [0.05, 0.1) is 10.6 Å². The molecule has 1 fully saturated rings. The van der Waals surface area contributed by atoms with Crippen LogP contribution in [0.15, 0.2) is 23.4 Å². The zero-order chi connectivity index (χ0) is 13.2. The van der Waals surface area contributed by atoms with Gasteiger partial charge < -0.3 is 5.32 Å². The topological polar surface area (TPSA) is 24.9 Å². The summed E-state index contributed by atoms with van der Waals surface area (Å²) >= 11 is 1.57. The van der Waals surface area contributed by atoms with Gasteiger partial charge in [-0.1, -0.05) is 0 Å². The van der Waals surface area contributed by atoms with E-state index in [2.05, 4.69) is 10.3 Å². The number of hydrogen-bond acceptors (Lipinski definition) is 3. The lowest BCUT2D eigenvalue weighted by atomic mass is 10.3. The normalized spacial score (nSPS) is 24.4. The molecular weight excluding hydrogens is 261 g/mol. The number of hydrogen-bond donors (Lipinski definition) is 1. The van der Waals surface area contributed by atoms with Gasteiger partial charge in [-0.2, -0.15) is 13.2 Å². The minimum absolute atomic E-state index is 0.451. The molecule has 1 aliphatic carbocycles. The van der Waals surface area contributed by atoms with Gasteiger partial charge in [-0.25, -0.2) is 4.98 Å². The highest BCUT2D eigenvalue weighted by atomic mass is 32.2. The fourth-order valence-electron chi connectivity index (χ4n) is 2.10. The Balaban J connectivity index is 1.95. The zero-order valence-electron chi connectivity index (χ0n) is 10.00. The van der Waals surface area contributed by atoms with Crippen LogP contribution < -0.4 is 5.32 Å². The number of nitrogens with one attached hydrogen (secondary N) is 1. The number of thioether (sulfide) groups is 1. The largest absolute Gasteiger partial charge is 0.417 e. The van der Waals surface area contributed by atoms with Gasteiger partial charge in [-0.15, -0.1) is 11.8 Å². The van der Waals surface area contributed by atoms with Crippen LogP contribution in [0.5, 0.6) is 0 Å². The molecule has 1 heterocycles. The second-order valence-corrected chi connectivity index (χ2v) is 5.74. The lowest BCUT2D eigenvalue weighted by molar-refractivity contribution is -0.137. The fourth-order valence-corrected chi connectivity index (χ4v) is 3.28. The van der Waals surface area contributed by atoms with Crippen molar-refractivity contribution in [3.8, 4) is 0 Å². The Labute approximate surface area is 108 Å². The summed E-state index contributed by atoms with van der Waals surface area (Å²) in [6.07, 6.45) is -0.148. The molecule has 1 aliphatic rings. The summed E-state index contributed by atoms with van der Waals surface area (Å²) in [7, 11) is 1.94. The minimum atomic E-state index is -4.30.